The minimum Gasteiger partial charge on any atom is -0.408 e. The lowest BCUT2D eigenvalue weighted by molar-refractivity contribution is 0.555. The summed E-state index contributed by atoms with van der Waals surface area (Å²) in [7, 11) is 0. The van der Waals surface area contributed by atoms with Crippen LogP contribution in [0.25, 0.3) is 11.1 Å². The van der Waals surface area contributed by atoms with Crippen LogP contribution in [-0.2, 0) is 0 Å². The van der Waals surface area contributed by atoms with Crippen LogP contribution in [0.1, 0.15) is 21.5 Å². The molecule has 0 fully saturated rings. The highest BCUT2D eigenvalue weighted by Crippen LogP contribution is 2.33. The largest absolute Gasteiger partial charge is 0.417 e. The van der Waals surface area contributed by atoms with Crippen LogP contribution < -0.4 is 5.76 Å². The van der Waals surface area contributed by atoms with Crippen LogP contribution in [0, 0.1) is 12.7 Å². The lowest BCUT2D eigenvalue weighted by atomic mass is 10.0. The Bertz CT molecular complexity index is 837. The first-order chi connectivity index (χ1) is 9.54. The summed E-state index contributed by atoms with van der Waals surface area (Å²) in [4.78, 5) is 13.4. The molecule has 1 aromatic heterocycles. The van der Waals surface area contributed by atoms with E-state index in [-0.39, 0.29) is 10.6 Å². The first-order valence-corrected chi connectivity index (χ1v) is 6.99. The zero-order valence-electron chi connectivity index (χ0n) is 10.6. The molecule has 3 nitrogen and oxygen atoms in total. The van der Waals surface area contributed by atoms with Crippen molar-refractivity contribution in [2.24, 2.45) is 0 Å². The van der Waals surface area contributed by atoms with Gasteiger partial charge in [0, 0.05) is 5.56 Å². The monoisotopic (exact) mass is 335 g/mol. The average molecular weight is 336 g/mol. The molecule has 0 spiro atoms. The molecule has 0 bridgehead atoms. The van der Waals surface area contributed by atoms with Gasteiger partial charge in [0.05, 0.1) is 10.3 Å². The van der Waals surface area contributed by atoms with Gasteiger partial charge in [-0.25, -0.2) is 9.18 Å². The fourth-order valence-electron chi connectivity index (χ4n) is 2.14. The summed E-state index contributed by atoms with van der Waals surface area (Å²) in [5.41, 5.74) is 3.33. The van der Waals surface area contributed by atoms with Gasteiger partial charge in [0.2, 0.25) is 0 Å². The van der Waals surface area contributed by atoms with Crippen molar-refractivity contribution in [2.45, 2.75) is 11.8 Å². The maximum absolute atomic E-state index is 14.0. The number of rotatable bonds is 2. The number of aryl methyl sites for hydroxylation is 1. The summed E-state index contributed by atoms with van der Waals surface area (Å²) >= 11 is 3.49. The van der Waals surface area contributed by atoms with Crippen molar-refractivity contribution in [3.63, 3.8) is 0 Å². The van der Waals surface area contributed by atoms with Gasteiger partial charge in [-0.2, -0.15) is 0 Å². The number of fused-ring (bicyclic) bond motifs is 1. The molecule has 102 valence electrons. The molecule has 0 radical (unpaired) electrons. The number of hydrogen-bond acceptors (Lipinski definition) is 2. The van der Waals surface area contributed by atoms with E-state index in [0.29, 0.717) is 16.7 Å². The number of oxazole rings is 1. The van der Waals surface area contributed by atoms with Gasteiger partial charge in [0.1, 0.15) is 5.82 Å². The molecule has 3 rings (SSSR count). The summed E-state index contributed by atoms with van der Waals surface area (Å²) in [6.45, 7) is 1.84. The molecule has 0 amide bonds. The second kappa shape index (κ2) is 4.90. The van der Waals surface area contributed by atoms with Crippen molar-refractivity contribution >= 4 is 27.0 Å². The van der Waals surface area contributed by atoms with Gasteiger partial charge in [-0.1, -0.05) is 34.1 Å². The Balaban J connectivity index is 2.06. The van der Waals surface area contributed by atoms with Gasteiger partial charge in [-0.3, -0.25) is 4.98 Å². The molecule has 1 unspecified atom stereocenters. The second-order valence-corrected chi connectivity index (χ2v) is 5.57. The van der Waals surface area contributed by atoms with E-state index in [1.807, 2.05) is 19.1 Å². The zero-order chi connectivity index (χ0) is 14.3. The Hall–Kier alpha value is -1.88. The van der Waals surface area contributed by atoms with Crippen molar-refractivity contribution in [1.82, 2.24) is 4.98 Å². The number of hydrogen-bond donors (Lipinski definition) is 1. The molecule has 3 aromatic rings. The van der Waals surface area contributed by atoms with Crippen LogP contribution in [-0.4, -0.2) is 4.98 Å². The lowest BCUT2D eigenvalue weighted by Gasteiger charge is -2.12. The molecular weight excluding hydrogens is 325 g/mol. The highest BCUT2D eigenvalue weighted by atomic mass is 79.9. The minimum absolute atomic E-state index is 0.262. The van der Waals surface area contributed by atoms with E-state index in [4.69, 9.17) is 4.42 Å². The Labute approximate surface area is 122 Å². The fourth-order valence-corrected chi connectivity index (χ4v) is 2.79. The second-order valence-electron chi connectivity index (χ2n) is 4.66. The third-order valence-corrected chi connectivity index (χ3v) is 4.19. The number of aromatic amines is 1. The van der Waals surface area contributed by atoms with Crippen LogP contribution in [0.3, 0.4) is 0 Å². The van der Waals surface area contributed by atoms with E-state index in [0.717, 1.165) is 11.1 Å². The molecule has 5 heteroatoms. The summed E-state index contributed by atoms with van der Waals surface area (Å²) in [5, 5.41) is 0. The van der Waals surface area contributed by atoms with E-state index in [1.54, 1.807) is 18.2 Å². The highest BCUT2D eigenvalue weighted by molar-refractivity contribution is 9.09. The van der Waals surface area contributed by atoms with Gasteiger partial charge < -0.3 is 4.42 Å². The Kier molecular flexibility index (Phi) is 3.22. The quantitative estimate of drug-likeness (QED) is 0.718. The van der Waals surface area contributed by atoms with Gasteiger partial charge in [0.15, 0.2) is 5.58 Å². The van der Waals surface area contributed by atoms with Gasteiger partial charge in [-0.05, 0) is 36.2 Å². The molecule has 0 aliphatic heterocycles. The summed E-state index contributed by atoms with van der Waals surface area (Å²) in [5.74, 6) is -0.757. The molecule has 2 aromatic carbocycles. The summed E-state index contributed by atoms with van der Waals surface area (Å²) < 4.78 is 19.0. The average Bonchev–Trinajstić information content (AvgIpc) is 2.77. The van der Waals surface area contributed by atoms with E-state index in [1.165, 1.54) is 6.07 Å². The lowest BCUT2D eigenvalue weighted by Crippen LogP contribution is -1.97. The number of halogens is 2. The highest BCUT2D eigenvalue weighted by Gasteiger charge is 2.16. The molecule has 0 saturated heterocycles. The Morgan fingerprint density at radius 3 is 2.80 bits per heavy atom. The molecule has 0 saturated carbocycles. The van der Waals surface area contributed by atoms with E-state index >= 15 is 0 Å². The predicted molar refractivity (Wildman–Crippen MR) is 78.7 cm³/mol. The molecule has 1 heterocycles. The topological polar surface area (TPSA) is 46.0 Å². The van der Waals surface area contributed by atoms with Crippen molar-refractivity contribution < 1.29 is 8.81 Å². The third kappa shape index (κ3) is 2.29. The van der Waals surface area contributed by atoms with Crippen LogP contribution >= 0.6 is 15.9 Å². The molecule has 20 heavy (non-hydrogen) atoms. The first-order valence-electron chi connectivity index (χ1n) is 6.07. The normalized spacial score (nSPS) is 12.8. The molecule has 0 aliphatic carbocycles. The number of H-pyrrole nitrogens is 1. The van der Waals surface area contributed by atoms with Crippen LogP contribution in [0.4, 0.5) is 4.39 Å². The number of aromatic nitrogens is 1. The van der Waals surface area contributed by atoms with Crippen molar-refractivity contribution in [3.05, 3.63) is 69.5 Å². The standard InChI is InChI=1S/C15H11BrFNO2/c1-8-2-4-10(11(17)6-8)14(16)9-3-5-12-13(7-9)20-15(19)18-12/h2-7,14H,1H3,(H,18,19). The van der Waals surface area contributed by atoms with Crippen LogP contribution in [0.5, 0.6) is 0 Å². The zero-order valence-corrected chi connectivity index (χ0v) is 12.2. The van der Waals surface area contributed by atoms with Crippen molar-refractivity contribution in [2.75, 3.05) is 0 Å². The maximum Gasteiger partial charge on any atom is 0.417 e. The SMILES string of the molecule is Cc1ccc(C(Br)c2ccc3[nH]c(=O)oc3c2)c(F)c1. The maximum atomic E-state index is 14.0. The number of benzene rings is 2. The van der Waals surface area contributed by atoms with Gasteiger partial charge >= 0.3 is 5.76 Å². The Morgan fingerprint density at radius 1 is 1.25 bits per heavy atom. The molecule has 1 N–H and O–H groups in total. The van der Waals surface area contributed by atoms with E-state index in [9.17, 15) is 9.18 Å². The number of nitrogens with one attached hydrogen (secondary N) is 1. The van der Waals surface area contributed by atoms with Gasteiger partial charge in [-0.15, -0.1) is 0 Å². The van der Waals surface area contributed by atoms with E-state index < -0.39 is 5.76 Å². The van der Waals surface area contributed by atoms with E-state index in [2.05, 4.69) is 20.9 Å². The fraction of sp³-hybridized carbons (Fsp3) is 0.133. The smallest absolute Gasteiger partial charge is 0.408 e. The van der Waals surface area contributed by atoms with Gasteiger partial charge in [0.25, 0.3) is 0 Å². The summed E-state index contributed by atoms with van der Waals surface area (Å²) in [6.07, 6.45) is 0. The summed E-state index contributed by atoms with van der Waals surface area (Å²) in [6, 6.07) is 10.4. The van der Waals surface area contributed by atoms with Crippen molar-refractivity contribution in [3.8, 4) is 0 Å². The molecular formula is C15H11BrFNO2. The predicted octanol–water partition coefficient (Wildman–Crippen LogP) is 4.05. The molecule has 0 aliphatic rings. The van der Waals surface area contributed by atoms with Crippen molar-refractivity contribution in [1.29, 1.82) is 0 Å². The minimum atomic E-state index is -0.496. The number of alkyl halides is 1. The molecule has 1 atom stereocenters. The first kappa shape index (κ1) is 13.1. The van der Waals surface area contributed by atoms with Crippen LogP contribution in [0.2, 0.25) is 0 Å². The third-order valence-electron chi connectivity index (χ3n) is 3.17. The van der Waals surface area contributed by atoms with Crippen LogP contribution in [0.15, 0.2) is 45.6 Å². The Morgan fingerprint density at radius 2 is 2.05 bits per heavy atom.